The molecular formula is C16H36Si. The van der Waals surface area contributed by atoms with Gasteiger partial charge in [0.25, 0.3) is 0 Å². The maximum absolute atomic E-state index is 2.57. The molecule has 0 saturated carbocycles. The van der Waals surface area contributed by atoms with Crippen LogP contribution in [0.5, 0.6) is 0 Å². The molecule has 0 heterocycles. The van der Waals surface area contributed by atoms with Crippen molar-refractivity contribution in [3.05, 3.63) is 0 Å². The first-order valence-corrected chi connectivity index (χ1v) is 11.2. The molecule has 0 nitrogen and oxygen atoms in total. The van der Waals surface area contributed by atoms with Crippen LogP contribution >= 0.6 is 0 Å². The van der Waals surface area contributed by atoms with Crippen molar-refractivity contribution in [2.75, 3.05) is 0 Å². The van der Waals surface area contributed by atoms with Gasteiger partial charge in [-0.2, -0.15) is 0 Å². The van der Waals surface area contributed by atoms with Crippen LogP contribution in [-0.2, 0) is 0 Å². The summed E-state index contributed by atoms with van der Waals surface area (Å²) < 4.78 is 0. The molecule has 0 bridgehead atoms. The third-order valence-corrected chi connectivity index (χ3v) is 9.51. The van der Waals surface area contributed by atoms with E-state index in [-0.39, 0.29) is 0 Å². The van der Waals surface area contributed by atoms with Gasteiger partial charge in [0.15, 0.2) is 0 Å². The highest BCUT2D eigenvalue weighted by Crippen LogP contribution is 2.30. The molecular weight excluding hydrogens is 220 g/mol. The van der Waals surface area contributed by atoms with Gasteiger partial charge < -0.3 is 0 Å². The summed E-state index contributed by atoms with van der Waals surface area (Å²) in [6, 6.07) is 1.54. The summed E-state index contributed by atoms with van der Waals surface area (Å²) in [5, 5.41) is 0. The van der Waals surface area contributed by atoms with E-state index in [9.17, 15) is 0 Å². The molecule has 0 amide bonds. The van der Waals surface area contributed by atoms with Gasteiger partial charge >= 0.3 is 0 Å². The molecule has 1 unspecified atom stereocenters. The summed E-state index contributed by atoms with van der Waals surface area (Å²) in [6.45, 7) is 14.7. The Labute approximate surface area is 112 Å². The quantitative estimate of drug-likeness (QED) is 0.309. The molecule has 0 N–H and O–H groups in total. The zero-order valence-corrected chi connectivity index (χ0v) is 14.3. The molecule has 0 spiro atoms. The molecule has 0 aromatic heterocycles. The first-order chi connectivity index (χ1) is 7.94. The van der Waals surface area contributed by atoms with Crippen molar-refractivity contribution in [1.82, 2.24) is 0 Å². The van der Waals surface area contributed by atoms with E-state index in [4.69, 9.17) is 0 Å². The van der Waals surface area contributed by atoms with Crippen molar-refractivity contribution in [3.63, 3.8) is 0 Å². The van der Waals surface area contributed by atoms with E-state index in [2.05, 4.69) is 40.8 Å². The number of hydrogen-bond acceptors (Lipinski definition) is 0. The van der Waals surface area contributed by atoms with E-state index in [1.165, 1.54) is 51.0 Å². The molecule has 0 saturated heterocycles. The van der Waals surface area contributed by atoms with Crippen molar-refractivity contribution in [2.45, 2.75) is 97.3 Å². The zero-order chi connectivity index (χ0) is 13.3. The predicted octanol–water partition coefficient (Wildman–Crippen LogP) is 6.49. The van der Waals surface area contributed by atoms with Gasteiger partial charge in [0, 0.05) is 8.07 Å². The summed E-state index contributed by atoms with van der Waals surface area (Å²) in [5.74, 6) is 1.01. The highest BCUT2D eigenvalue weighted by atomic mass is 28.3. The van der Waals surface area contributed by atoms with Crippen LogP contribution in [0.4, 0.5) is 0 Å². The van der Waals surface area contributed by atoms with Crippen LogP contribution in [0, 0.1) is 5.92 Å². The SMILES string of the molecule is CCCCCCC(CC)CC[Si](C)(C)C(C)C. The van der Waals surface area contributed by atoms with Crippen molar-refractivity contribution in [1.29, 1.82) is 0 Å². The second kappa shape index (κ2) is 9.19. The molecule has 0 aliphatic rings. The second-order valence-corrected chi connectivity index (χ2v) is 12.4. The molecule has 17 heavy (non-hydrogen) atoms. The molecule has 0 aliphatic heterocycles. The zero-order valence-electron chi connectivity index (χ0n) is 13.3. The van der Waals surface area contributed by atoms with Crippen molar-refractivity contribution >= 4 is 8.07 Å². The first-order valence-electron chi connectivity index (χ1n) is 7.94. The van der Waals surface area contributed by atoms with Crippen LogP contribution in [-0.4, -0.2) is 8.07 Å². The average Bonchev–Trinajstić information content (AvgIpc) is 2.28. The third kappa shape index (κ3) is 8.02. The molecule has 1 heteroatoms. The normalized spacial score (nSPS) is 14.3. The van der Waals surface area contributed by atoms with Crippen LogP contribution in [0.15, 0.2) is 0 Å². The van der Waals surface area contributed by atoms with Gasteiger partial charge in [-0.05, 0) is 5.92 Å². The lowest BCUT2D eigenvalue weighted by atomic mass is 9.96. The molecule has 0 aliphatic carbocycles. The number of unbranched alkanes of at least 4 members (excludes halogenated alkanes) is 3. The lowest BCUT2D eigenvalue weighted by molar-refractivity contribution is 0.427. The summed E-state index contributed by atoms with van der Waals surface area (Å²) in [7, 11) is -0.914. The van der Waals surface area contributed by atoms with Crippen molar-refractivity contribution in [2.24, 2.45) is 5.92 Å². The Kier molecular flexibility index (Phi) is 9.30. The van der Waals surface area contributed by atoms with E-state index >= 15 is 0 Å². The van der Waals surface area contributed by atoms with Gasteiger partial charge in [0.05, 0.1) is 0 Å². The summed E-state index contributed by atoms with van der Waals surface area (Å²) in [5.41, 5.74) is 0.945. The maximum Gasteiger partial charge on any atom is 0.0499 e. The Morgan fingerprint density at radius 1 is 0.882 bits per heavy atom. The lowest BCUT2D eigenvalue weighted by Crippen LogP contribution is -2.29. The molecule has 0 aromatic carbocycles. The van der Waals surface area contributed by atoms with Crippen LogP contribution in [0.2, 0.25) is 24.7 Å². The van der Waals surface area contributed by atoms with Crippen LogP contribution in [0.3, 0.4) is 0 Å². The van der Waals surface area contributed by atoms with Crippen molar-refractivity contribution < 1.29 is 0 Å². The summed E-state index contributed by atoms with van der Waals surface area (Å²) in [6.07, 6.45) is 10.1. The Balaban J connectivity index is 3.81. The minimum absolute atomic E-state index is 0.914. The van der Waals surface area contributed by atoms with Gasteiger partial charge in [-0.3, -0.25) is 0 Å². The van der Waals surface area contributed by atoms with E-state index in [1.807, 2.05) is 0 Å². The second-order valence-electron chi connectivity index (χ2n) is 6.81. The fourth-order valence-electron chi connectivity index (χ4n) is 2.28. The molecule has 0 aromatic rings. The number of hydrogen-bond donors (Lipinski definition) is 0. The number of rotatable bonds is 10. The fourth-order valence-corrected chi connectivity index (χ4v) is 4.01. The smallest absolute Gasteiger partial charge is 0.0499 e. The van der Waals surface area contributed by atoms with E-state index in [0.717, 1.165) is 11.5 Å². The van der Waals surface area contributed by atoms with Gasteiger partial charge in [-0.1, -0.05) is 97.3 Å². The minimum Gasteiger partial charge on any atom is -0.0692 e. The molecule has 0 fully saturated rings. The van der Waals surface area contributed by atoms with Crippen molar-refractivity contribution in [3.8, 4) is 0 Å². The Bertz CT molecular complexity index is 172. The molecule has 0 radical (unpaired) electrons. The first kappa shape index (κ1) is 17.2. The summed E-state index contributed by atoms with van der Waals surface area (Å²) >= 11 is 0. The fraction of sp³-hybridized carbons (Fsp3) is 1.00. The molecule has 0 rings (SSSR count). The monoisotopic (exact) mass is 256 g/mol. The molecule has 104 valence electrons. The van der Waals surface area contributed by atoms with Gasteiger partial charge in [-0.25, -0.2) is 0 Å². The van der Waals surface area contributed by atoms with E-state index in [1.54, 1.807) is 0 Å². The van der Waals surface area contributed by atoms with Crippen LogP contribution < -0.4 is 0 Å². The van der Waals surface area contributed by atoms with E-state index < -0.39 is 8.07 Å². The van der Waals surface area contributed by atoms with Gasteiger partial charge in [-0.15, -0.1) is 0 Å². The highest BCUT2D eigenvalue weighted by Gasteiger charge is 2.25. The van der Waals surface area contributed by atoms with E-state index in [0.29, 0.717) is 0 Å². The van der Waals surface area contributed by atoms with Crippen LogP contribution in [0.25, 0.3) is 0 Å². The van der Waals surface area contributed by atoms with Gasteiger partial charge in [0.2, 0.25) is 0 Å². The van der Waals surface area contributed by atoms with Gasteiger partial charge in [0.1, 0.15) is 0 Å². The Morgan fingerprint density at radius 2 is 1.53 bits per heavy atom. The minimum atomic E-state index is -0.914. The maximum atomic E-state index is 2.57. The standard InChI is InChI=1S/C16H36Si/c1-7-9-10-11-12-16(8-2)13-14-17(5,6)15(3)4/h15-16H,7-14H2,1-6H3. The summed E-state index contributed by atoms with van der Waals surface area (Å²) in [4.78, 5) is 0. The largest absolute Gasteiger partial charge is 0.0692 e. The third-order valence-electron chi connectivity index (χ3n) is 4.80. The lowest BCUT2D eigenvalue weighted by Gasteiger charge is -2.29. The highest BCUT2D eigenvalue weighted by molar-refractivity contribution is 6.78. The topological polar surface area (TPSA) is 0 Å². The average molecular weight is 257 g/mol. The predicted molar refractivity (Wildman–Crippen MR) is 84.5 cm³/mol. The Morgan fingerprint density at radius 3 is 2.00 bits per heavy atom. The van der Waals surface area contributed by atoms with Crippen LogP contribution in [0.1, 0.15) is 72.6 Å². The Hall–Kier alpha value is 0.217. The molecule has 1 atom stereocenters.